The SMILES string of the molecule is Cc1cc(C)nc(-c2cccc(N)n2)c1. The minimum atomic E-state index is 0.522. The van der Waals surface area contributed by atoms with Crippen molar-refractivity contribution in [2.45, 2.75) is 13.8 Å². The Balaban J connectivity index is 2.54. The van der Waals surface area contributed by atoms with E-state index in [1.807, 2.05) is 38.1 Å². The van der Waals surface area contributed by atoms with Crippen molar-refractivity contribution in [3.05, 3.63) is 41.6 Å². The fourth-order valence-electron chi connectivity index (χ4n) is 1.57. The Morgan fingerprint density at radius 3 is 2.47 bits per heavy atom. The van der Waals surface area contributed by atoms with Gasteiger partial charge in [0.25, 0.3) is 0 Å². The van der Waals surface area contributed by atoms with Gasteiger partial charge in [0.1, 0.15) is 5.82 Å². The number of hydrogen-bond donors (Lipinski definition) is 1. The molecule has 2 aromatic heterocycles. The first kappa shape index (κ1) is 9.65. The van der Waals surface area contributed by atoms with Crippen molar-refractivity contribution in [1.82, 2.24) is 9.97 Å². The summed E-state index contributed by atoms with van der Waals surface area (Å²) in [6, 6.07) is 9.62. The van der Waals surface area contributed by atoms with E-state index >= 15 is 0 Å². The lowest BCUT2D eigenvalue weighted by Crippen LogP contribution is -1.94. The smallest absolute Gasteiger partial charge is 0.124 e. The van der Waals surface area contributed by atoms with Gasteiger partial charge in [-0.1, -0.05) is 6.07 Å². The number of aryl methyl sites for hydroxylation is 2. The van der Waals surface area contributed by atoms with Crippen LogP contribution in [0.4, 0.5) is 5.82 Å². The average Bonchev–Trinajstić information content (AvgIpc) is 2.16. The van der Waals surface area contributed by atoms with E-state index in [2.05, 4.69) is 9.97 Å². The van der Waals surface area contributed by atoms with E-state index in [0.29, 0.717) is 5.82 Å². The van der Waals surface area contributed by atoms with Gasteiger partial charge in [-0.3, -0.25) is 4.98 Å². The molecule has 0 aliphatic heterocycles. The Bertz CT molecular complexity index is 472. The number of hydrogen-bond acceptors (Lipinski definition) is 3. The number of rotatable bonds is 1. The maximum Gasteiger partial charge on any atom is 0.124 e. The summed E-state index contributed by atoms with van der Waals surface area (Å²) in [5.41, 5.74) is 9.51. The third-order valence-corrected chi connectivity index (χ3v) is 2.13. The van der Waals surface area contributed by atoms with Crippen LogP contribution in [0.2, 0.25) is 0 Å². The molecule has 0 saturated carbocycles. The third kappa shape index (κ3) is 2.13. The molecule has 3 heteroatoms. The quantitative estimate of drug-likeness (QED) is 0.767. The van der Waals surface area contributed by atoms with Crippen molar-refractivity contribution in [2.75, 3.05) is 5.73 Å². The minimum absolute atomic E-state index is 0.522. The molecule has 3 nitrogen and oxygen atoms in total. The fourth-order valence-corrected chi connectivity index (χ4v) is 1.57. The molecule has 0 radical (unpaired) electrons. The van der Waals surface area contributed by atoms with Crippen LogP contribution in [0.1, 0.15) is 11.3 Å². The topological polar surface area (TPSA) is 51.8 Å². The highest BCUT2D eigenvalue weighted by molar-refractivity contribution is 5.57. The van der Waals surface area contributed by atoms with Crippen LogP contribution in [0.5, 0.6) is 0 Å². The molecule has 76 valence electrons. The first-order chi connectivity index (χ1) is 7.15. The summed E-state index contributed by atoms with van der Waals surface area (Å²) in [6.07, 6.45) is 0. The molecule has 2 heterocycles. The zero-order valence-corrected chi connectivity index (χ0v) is 8.86. The maximum atomic E-state index is 5.63. The van der Waals surface area contributed by atoms with E-state index in [-0.39, 0.29) is 0 Å². The Morgan fingerprint density at radius 2 is 1.80 bits per heavy atom. The molecule has 0 saturated heterocycles. The lowest BCUT2D eigenvalue weighted by atomic mass is 10.1. The number of pyridine rings is 2. The van der Waals surface area contributed by atoms with Crippen LogP contribution < -0.4 is 5.73 Å². The second-order valence-corrected chi connectivity index (χ2v) is 3.62. The summed E-state index contributed by atoms with van der Waals surface area (Å²) in [5, 5.41) is 0. The highest BCUT2D eigenvalue weighted by Crippen LogP contribution is 2.17. The summed E-state index contributed by atoms with van der Waals surface area (Å²) < 4.78 is 0. The van der Waals surface area contributed by atoms with Crippen molar-refractivity contribution < 1.29 is 0 Å². The Morgan fingerprint density at radius 1 is 1.00 bits per heavy atom. The highest BCUT2D eigenvalue weighted by atomic mass is 14.9. The summed E-state index contributed by atoms with van der Waals surface area (Å²) >= 11 is 0. The predicted molar refractivity (Wildman–Crippen MR) is 61.4 cm³/mol. The van der Waals surface area contributed by atoms with E-state index in [0.717, 1.165) is 17.1 Å². The monoisotopic (exact) mass is 199 g/mol. The molecule has 0 unspecified atom stereocenters. The number of nitrogens with zero attached hydrogens (tertiary/aromatic N) is 2. The number of aromatic nitrogens is 2. The third-order valence-electron chi connectivity index (χ3n) is 2.13. The van der Waals surface area contributed by atoms with Gasteiger partial charge in [0, 0.05) is 5.69 Å². The summed E-state index contributed by atoms with van der Waals surface area (Å²) in [6.45, 7) is 4.02. The lowest BCUT2D eigenvalue weighted by molar-refractivity contribution is 1.16. The predicted octanol–water partition coefficient (Wildman–Crippen LogP) is 2.34. The second kappa shape index (κ2) is 3.69. The molecule has 0 aliphatic rings. The molecular weight excluding hydrogens is 186 g/mol. The van der Waals surface area contributed by atoms with Gasteiger partial charge in [-0.15, -0.1) is 0 Å². The van der Waals surface area contributed by atoms with Crippen LogP contribution in [-0.2, 0) is 0 Å². The number of anilines is 1. The second-order valence-electron chi connectivity index (χ2n) is 3.62. The Kier molecular flexibility index (Phi) is 2.37. The molecule has 0 spiro atoms. The first-order valence-corrected chi connectivity index (χ1v) is 4.83. The zero-order valence-electron chi connectivity index (χ0n) is 8.86. The maximum absolute atomic E-state index is 5.63. The molecule has 15 heavy (non-hydrogen) atoms. The Hall–Kier alpha value is -1.90. The normalized spacial score (nSPS) is 10.3. The van der Waals surface area contributed by atoms with E-state index in [4.69, 9.17) is 5.73 Å². The van der Waals surface area contributed by atoms with Crippen LogP contribution in [-0.4, -0.2) is 9.97 Å². The van der Waals surface area contributed by atoms with Crippen LogP contribution in [0.15, 0.2) is 30.3 Å². The van der Waals surface area contributed by atoms with Crippen molar-refractivity contribution in [3.63, 3.8) is 0 Å². The molecule has 0 aromatic carbocycles. The first-order valence-electron chi connectivity index (χ1n) is 4.83. The van der Waals surface area contributed by atoms with Crippen molar-refractivity contribution in [3.8, 4) is 11.4 Å². The molecule has 2 N–H and O–H groups in total. The molecule has 0 fully saturated rings. The van der Waals surface area contributed by atoms with Crippen LogP contribution in [0, 0.1) is 13.8 Å². The van der Waals surface area contributed by atoms with Crippen LogP contribution in [0.3, 0.4) is 0 Å². The molecule has 0 bridgehead atoms. The van der Waals surface area contributed by atoms with Gasteiger partial charge in [-0.05, 0) is 43.7 Å². The molecule has 0 atom stereocenters. The molecular formula is C12H13N3. The molecule has 0 amide bonds. The summed E-state index contributed by atoms with van der Waals surface area (Å²) in [4.78, 5) is 8.67. The van der Waals surface area contributed by atoms with Gasteiger partial charge in [-0.2, -0.15) is 0 Å². The molecule has 2 aromatic rings. The summed E-state index contributed by atoms with van der Waals surface area (Å²) in [5.74, 6) is 0.522. The van der Waals surface area contributed by atoms with Crippen LogP contribution in [0.25, 0.3) is 11.4 Å². The van der Waals surface area contributed by atoms with Crippen LogP contribution >= 0.6 is 0 Å². The number of nitrogen functional groups attached to an aromatic ring is 1. The van der Waals surface area contributed by atoms with Gasteiger partial charge >= 0.3 is 0 Å². The van der Waals surface area contributed by atoms with E-state index in [1.54, 1.807) is 6.07 Å². The molecule has 2 rings (SSSR count). The lowest BCUT2D eigenvalue weighted by Gasteiger charge is -2.03. The Labute approximate surface area is 89.0 Å². The van der Waals surface area contributed by atoms with E-state index < -0.39 is 0 Å². The van der Waals surface area contributed by atoms with Gasteiger partial charge in [0.2, 0.25) is 0 Å². The number of nitrogens with two attached hydrogens (primary N) is 1. The van der Waals surface area contributed by atoms with E-state index in [9.17, 15) is 0 Å². The van der Waals surface area contributed by atoms with Crippen molar-refractivity contribution in [1.29, 1.82) is 0 Å². The van der Waals surface area contributed by atoms with Crippen molar-refractivity contribution >= 4 is 5.82 Å². The van der Waals surface area contributed by atoms with Crippen molar-refractivity contribution in [2.24, 2.45) is 0 Å². The van der Waals surface area contributed by atoms with Gasteiger partial charge in [-0.25, -0.2) is 4.98 Å². The zero-order chi connectivity index (χ0) is 10.8. The molecule has 0 aliphatic carbocycles. The summed E-state index contributed by atoms with van der Waals surface area (Å²) in [7, 11) is 0. The fraction of sp³-hybridized carbons (Fsp3) is 0.167. The average molecular weight is 199 g/mol. The minimum Gasteiger partial charge on any atom is -0.384 e. The standard InChI is InChI=1S/C12H13N3/c1-8-6-9(2)14-11(7-8)10-4-3-5-12(13)15-10/h3-7H,1-2H3,(H2,13,15). The largest absolute Gasteiger partial charge is 0.384 e. The van der Waals surface area contributed by atoms with Gasteiger partial charge < -0.3 is 5.73 Å². The van der Waals surface area contributed by atoms with Gasteiger partial charge in [0.15, 0.2) is 0 Å². The van der Waals surface area contributed by atoms with Gasteiger partial charge in [0.05, 0.1) is 11.4 Å². The highest BCUT2D eigenvalue weighted by Gasteiger charge is 2.02. The van der Waals surface area contributed by atoms with E-state index in [1.165, 1.54) is 5.56 Å².